The standard InChI is InChI=1S/C11H11N3O/c12-11-9(8-2-1-5-13-6-8)10(14-15-11)7-3-4-7/h1-2,5-7H,3-4,12H2. The fraction of sp³-hybridized carbons (Fsp3) is 0.273. The zero-order chi connectivity index (χ0) is 10.3. The summed E-state index contributed by atoms with van der Waals surface area (Å²) >= 11 is 0. The normalized spacial score (nSPS) is 15.5. The molecule has 0 aliphatic heterocycles. The highest BCUT2D eigenvalue weighted by atomic mass is 16.5. The molecule has 2 N–H and O–H groups in total. The molecule has 2 aromatic heterocycles. The summed E-state index contributed by atoms with van der Waals surface area (Å²) < 4.78 is 5.05. The molecule has 0 saturated heterocycles. The Hall–Kier alpha value is -1.84. The molecule has 15 heavy (non-hydrogen) atoms. The molecule has 3 rings (SSSR count). The minimum absolute atomic E-state index is 0.393. The Kier molecular flexibility index (Phi) is 1.74. The van der Waals surface area contributed by atoms with Gasteiger partial charge in [0.25, 0.3) is 0 Å². The van der Waals surface area contributed by atoms with Gasteiger partial charge >= 0.3 is 0 Å². The van der Waals surface area contributed by atoms with Crippen LogP contribution in [-0.2, 0) is 0 Å². The fourth-order valence-electron chi connectivity index (χ4n) is 1.75. The van der Waals surface area contributed by atoms with Crippen LogP contribution in [0.15, 0.2) is 29.0 Å². The smallest absolute Gasteiger partial charge is 0.230 e. The van der Waals surface area contributed by atoms with E-state index in [2.05, 4.69) is 10.1 Å². The third kappa shape index (κ3) is 1.38. The SMILES string of the molecule is Nc1onc(C2CC2)c1-c1cccnc1. The third-order valence-electron chi connectivity index (χ3n) is 2.66. The molecule has 0 aromatic carbocycles. The van der Waals surface area contributed by atoms with Crippen molar-refractivity contribution in [3.05, 3.63) is 30.2 Å². The van der Waals surface area contributed by atoms with Gasteiger partial charge in [0.2, 0.25) is 5.88 Å². The average Bonchev–Trinajstić information content (AvgIpc) is 3.04. The summed E-state index contributed by atoms with van der Waals surface area (Å²) in [6, 6.07) is 3.86. The first-order chi connectivity index (χ1) is 7.36. The highest BCUT2D eigenvalue weighted by molar-refractivity contribution is 5.75. The summed E-state index contributed by atoms with van der Waals surface area (Å²) in [6.07, 6.45) is 5.89. The second-order valence-corrected chi connectivity index (χ2v) is 3.82. The number of rotatable bonds is 2. The molecule has 4 heteroatoms. The number of nitrogens with two attached hydrogens (primary N) is 1. The van der Waals surface area contributed by atoms with Gasteiger partial charge in [0.1, 0.15) is 0 Å². The second-order valence-electron chi connectivity index (χ2n) is 3.82. The van der Waals surface area contributed by atoms with Gasteiger partial charge in [-0.25, -0.2) is 0 Å². The van der Waals surface area contributed by atoms with Crippen molar-refractivity contribution in [1.82, 2.24) is 10.1 Å². The van der Waals surface area contributed by atoms with Crippen LogP contribution in [0.25, 0.3) is 11.1 Å². The van der Waals surface area contributed by atoms with Gasteiger partial charge in [-0.1, -0.05) is 11.2 Å². The Balaban J connectivity index is 2.13. The van der Waals surface area contributed by atoms with E-state index in [4.69, 9.17) is 10.3 Å². The van der Waals surface area contributed by atoms with Gasteiger partial charge in [0.05, 0.1) is 11.3 Å². The predicted octanol–water partition coefficient (Wildman–Crippen LogP) is 2.20. The van der Waals surface area contributed by atoms with Crippen LogP contribution in [0.3, 0.4) is 0 Å². The summed E-state index contributed by atoms with van der Waals surface area (Å²) in [4.78, 5) is 4.08. The van der Waals surface area contributed by atoms with Crippen molar-refractivity contribution in [3.8, 4) is 11.1 Å². The Morgan fingerprint density at radius 2 is 2.27 bits per heavy atom. The number of anilines is 1. The van der Waals surface area contributed by atoms with Gasteiger partial charge < -0.3 is 10.3 Å². The van der Waals surface area contributed by atoms with Crippen molar-refractivity contribution in [2.75, 3.05) is 5.73 Å². The highest BCUT2D eigenvalue weighted by Crippen LogP contribution is 2.45. The number of pyridine rings is 1. The number of aromatic nitrogens is 2. The summed E-state index contributed by atoms with van der Waals surface area (Å²) in [5, 5.41) is 4.03. The quantitative estimate of drug-likeness (QED) is 0.808. The van der Waals surface area contributed by atoms with E-state index in [0.29, 0.717) is 11.8 Å². The summed E-state index contributed by atoms with van der Waals surface area (Å²) in [5.74, 6) is 0.922. The maximum absolute atomic E-state index is 5.78. The molecule has 0 amide bonds. The van der Waals surface area contributed by atoms with Crippen molar-refractivity contribution in [2.24, 2.45) is 0 Å². The van der Waals surface area contributed by atoms with Crippen LogP contribution in [0.2, 0.25) is 0 Å². The van der Waals surface area contributed by atoms with Gasteiger partial charge in [0.15, 0.2) is 0 Å². The molecule has 1 aliphatic carbocycles. The van der Waals surface area contributed by atoms with Crippen LogP contribution >= 0.6 is 0 Å². The number of hydrogen-bond acceptors (Lipinski definition) is 4. The van der Waals surface area contributed by atoms with E-state index in [0.717, 1.165) is 16.8 Å². The zero-order valence-corrected chi connectivity index (χ0v) is 8.18. The highest BCUT2D eigenvalue weighted by Gasteiger charge is 2.31. The minimum atomic E-state index is 0.393. The van der Waals surface area contributed by atoms with Crippen molar-refractivity contribution in [3.63, 3.8) is 0 Å². The number of nitrogens with zero attached hydrogens (tertiary/aromatic N) is 2. The van der Waals surface area contributed by atoms with Crippen LogP contribution in [0.5, 0.6) is 0 Å². The molecular weight excluding hydrogens is 190 g/mol. The van der Waals surface area contributed by atoms with Crippen molar-refractivity contribution < 1.29 is 4.52 Å². The lowest BCUT2D eigenvalue weighted by molar-refractivity contribution is 0.428. The van der Waals surface area contributed by atoms with E-state index in [9.17, 15) is 0 Å². The van der Waals surface area contributed by atoms with Crippen LogP contribution in [0, 0.1) is 0 Å². The maximum Gasteiger partial charge on any atom is 0.230 e. The van der Waals surface area contributed by atoms with Crippen LogP contribution in [-0.4, -0.2) is 10.1 Å². The summed E-state index contributed by atoms with van der Waals surface area (Å²) in [5.41, 5.74) is 8.67. The lowest BCUT2D eigenvalue weighted by Gasteiger charge is -1.99. The summed E-state index contributed by atoms with van der Waals surface area (Å²) in [7, 11) is 0. The Labute approximate surface area is 87.1 Å². The number of hydrogen-bond donors (Lipinski definition) is 1. The molecule has 0 unspecified atom stereocenters. The molecule has 4 nitrogen and oxygen atoms in total. The molecule has 76 valence electrons. The molecule has 0 spiro atoms. The molecular formula is C11H11N3O. The molecule has 0 atom stereocenters. The molecule has 1 fully saturated rings. The minimum Gasteiger partial charge on any atom is -0.367 e. The molecule has 1 aliphatic rings. The van der Waals surface area contributed by atoms with Gasteiger partial charge in [-0.05, 0) is 18.9 Å². The van der Waals surface area contributed by atoms with Crippen LogP contribution in [0.1, 0.15) is 24.5 Å². The molecule has 1 saturated carbocycles. The van der Waals surface area contributed by atoms with Crippen molar-refractivity contribution >= 4 is 5.88 Å². The third-order valence-corrected chi connectivity index (χ3v) is 2.66. The van der Waals surface area contributed by atoms with Crippen LogP contribution < -0.4 is 5.73 Å². The second kappa shape index (κ2) is 3.08. The number of nitrogen functional groups attached to an aromatic ring is 1. The molecule has 0 radical (unpaired) electrons. The van der Waals surface area contributed by atoms with E-state index in [1.807, 2.05) is 12.1 Å². The summed E-state index contributed by atoms with van der Waals surface area (Å²) in [6.45, 7) is 0. The monoisotopic (exact) mass is 201 g/mol. The lowest BCUT2D eigenvalue weighted by atomic mass is 10.1. The van der Waals surface area contributed by atoms with Gasteiger partial charge in [-0.15, -0.1) is 0 Å². The van der Waals surface area contributed by atoms with Crippen molar-refractivity contribution in [1.29, 1.82) is 0 Å². The largest absolute Gasteiger partial charge is 0.367 e. The van der Waals surface area contributed by atoms with E-state index < -0.39 is 0 Å². The van der Waals surface area contributed by atoms with Crippen LogP contribution in [0.4, 0.5) is 5.88 Å². The molecule has 2 heterocycles. The Bertz CT molecular complexity index is 474. The fourth-order valence-corrected chi connectivity index (χ4v) is 1.75. The van der Waals surface area contributed by atoms with Gasteiger partial charge in [-0.3, -0.25) is 4.98 Å². The Morgan fingerprint density at radius 3 is 2.93 bits per heavy atom. The van der Waals surface area contributed by atoms with E-state index >= 15 is 0 Å². The first-order valence-electron chi connectivity index (χ1n) is 5.01. The van der Waals surface area contributed by atoms with E-state index in [1.165, 1.54) is 12.8 Å². The predicted molar refractivity (Wildman–Crippen MR) is 56.1 cm³/mol. The molecule has 0 bridgehead atoms. The van der Waals surface area contributed by atoms with Crippen molar-refractivity contribution in [2.45, 2.75) is 18.8 Å². The Morgan fingerprint density at radius 1 is 1.40 bits per heavy atom. The van der Waals surface area contributed by atoms with E-state index in [-0.39, 0.29) is 0 Å². The first kappa shape index (κ1) is 8.47. The topological polar surface area (TPSA) is 64.9 Å². The molecule has 2 aromatic rings. The zero-order valence-electron chi connectivity index (χ0n) is 8.18. The average molecular weight is 201 g/mol. The van der Waals surface area contributed by atoms with Gasteiger partial charge in [-0.2, -0.15) is 0 Å². The maximum atomic E-state index is 5.78. The lowest BCUT2D eigenvalue weighted by Crippen LogP contribution is -1.89. The first-order valence-corrected chi connectivity index (χ1v) is 5.01. The van der Waals surface area contributed by atoms with Gasteiger partial charge in [0, 0.05) is 23.9 Å². The van der Waals surface area contributed by atoms with E-state index in [1.54, 1.807) is 12.4 Å².